The number of halogens is 1. The molecule has 0 aromatic heterocycles. The Kier molecular flexibility index (Phi) is 6.95. The van der Waals surface area contributed by atoms with Crippen LogP contribution < -0.4 is 15.0 Å². The van der Waals surface area contributed by atoms with Gasteiger partial charge in [-0.15, -0.1) is 18.3 Å². The molecule has 29 heavy (non-hydrogen) atoms. The summed E-state index contributed by atoms with van der Waals surface area (Å²) in [4.78, 5) is 38.1. The third-order valence-electron chi connectivity index (χ3n) is 4.13. The summed E-state index contributed by atoms with van der Waals surface area (Å²) in [5.74, 6) is 0.320. The van der Waals surface area contributed by atoms with Gasteiger partial charge in [0, 0.05) is 22.8 Å². The summed E-state index contributed by atoms with van der Waals surface area (Å²) in [7, 11) is 0. The largest absolute Gasteiger partial charge is 0.482 e. The minimum absolute atomic E-state index is 0.0350. The number of ketones is 1. The van der Waals surface area contributed by atoms with Gasteiger partial charge in [0.15, 0.2) is 12.4 Å². The Morgan fingerprint density at radius 2 is 1.97 bits per heavy atom. The van der Waals surface area contributed by atoms with Gasteiger partial charge in [-0.2, -0.15) is 0 Å². The summed E-state index contributed by atoms with van der Waals surface area (Å²) in [6, 6.07) is 11.8. The van der Waals surface area contributed by atoms with E-state index in [1.807, 2.05) is 0 Å². The van der Waals surface area contributed by atoms with Crippen LogP contribution in [0.4, 0.5) is 11.4 Å². The van der Waals surface area contributed by atoms with Crippen molar-refractivity contribution < 1.29 is 19.1 Å². The first-order valence-electron chi connectivity index (χ1n) is 8.82. The zero-order chi connectivity index (χ0) is 20.8. The van der Waals surface area contributed by atoms with Gasteiger partial charge in [-0.1, -0.05) is 17.7 Å². The van der Waals surface area contributed by atoms with Gasteiger partial charge in [-0.25, -0.2) is 0 Å². The quantitative estimate of drug-likeness (QED) is 0.509. The van der Waals surface area contributed by atoms with Crippen LogP contribution in [0, 0.1) is 0 Å². The molecule has 1 aliphatic rings. The minimum atomic E-state index is -0.202. The number of nitrogens with zero attached hydrogens (tertiary/aromatic N) is 1. The maximum atomic E-state index is 12.5. The van der Waals surface area contributed by atoms with Crippen LogP contribution in [-0.2, 0) is 9.59 Å². The van der Waals surface area contributed by atoms with Gasteiger partial charge in [0.2, 0.25) is 5.91 Å². The Morgan fingerprint density at radius 3 is 2.69 bits per heavy atom. The molecular weight excluding hydrogens is 412 g/mol. The molecule has 1 aliphatic heterocycles. The molecule has 1 N–H and O–H groups in total. The van der Waals surface area contributed by atoms with Crippen molar-refractivity contribution in [2.75, 3.05) is 34.9 Å². The fourth-order valence-corrected chi connectivity index (χ4v) is 3.59. The van der Waals surface area contributed by atoms with Crippen molar-refractivity contribution >= 4 is 52.3 Å². The minimum Gasteiger partial charge on any atom is -0.482 e. The third-order valence-corrected chi connectivity index (χ3v) is 5.31. The molecule has 1 heterocycles. The highest BCUT2D eigenvalue weighted by atomic mass is 35.5. The molecule has 0 fully saturated rings. The number of anilines is 2. The molecular formula is C21H19ClN2O4S. The fourth-order valence-electron chi connectivity index (χ4n) is 2.75. The molecule has 0 atom stereocenters. The van der Waals surface area contributed by atoms with Crippen LogP contribution in [-0.4, -0.2) is 42.3 Å². The molecule has 3 rings (SSSR count). The molecule has 6 nitrogen and oxygen atoms in total. The van der Waals surface area contributed by atoms with Gasteiger partial charge in [0.05, 0.1) is 17.2 Å². The maximum Gasteiger partial charge on any atom is 0.265 e. The van der Waals surface area contributed by atoms with Crippen molar-refractivity contribution in [2.45, 2.75) is 0 Å². The highest BCUT2D eigenvalue weighted by Gasteiger charge is 2.25. The predicted octanol–water partition coefficient (Wildman–Crippen LogP) is 3.81. The average molecular weight is 431 g/mol. The van der Waals surface area contributed by atoms with E-state index < -0.39 is 0 Å². The number of carbonyl (C=O) groups is 3. The zero-order valence-electron chi connectivity index (χ0n) is 15.5. The summed E-state index contributed by atoms with van der Waals surface area (Å²) < 4.78 is 5.42. The lowest BCUT2D eigenvalue weighted by molar-refractivity contribution is -0.121. The molecule has 8 heteroatoms. The molecule has 0 radical (unpaired) electrons. The van der Waals surface area contributed by atoms with E-state index in [1.54, 1.807) is 48.5 Å². The molecule has 0 bridgehead atoms. The normalized spacial score (nSPS) is 12.7. The van der Waals surface area contributed by atoms with Crippen molar-refractivity contribution in [3.8, 4) is 5.75 Å². The Bertz CT molecular complexity index is 946. The van der Waals surface area contributed by atoms with E-state index >= 15 is 0 Å². The Morgan fingerprint density at radius 1 is 1.21 bits per heavy atom. The lowest BCUT2D eigenvalue weighted by Gasteiger charge is -2.28. The second-order valence-corrected chi connectivity index (χ2v) is 7.66. The van der Waals surface area contributed by atoms with E-state index in [1.165, 1.54) is 16.7 Å². The molecule has 0 saturated heterocycles. The van der Waals surface area contributed by atoms with Crippen LogP contribution >= 0.6 is 23.4 Å². The van der Waals surface area contributed by atoms with E-state index in [2.05, 4.69) is 11.9 Å². The third kappa shape index (κ3) is 5.40. The Hall–Kier alpha value is -2.77. The van der Waals surface area contributed by atoms with Crippen LogP contribution in [0.5, 0.6) is 5.75 Å². The van der Waals surface area contributed by atoms with E-state index in [0.717, 1.165) is 0 Å². The van der Waals surface area contributed by atoms with E-state index in [4.69, 9.17) is 16.3 Å². The Balaban J connectivity index is 1.57. The number of thioether (sulfide) groups is 1. The second kappa shape index (κ2) is 9.62. The molecule has 2 amide bonds. The lowest BCUT2D eigenvalue weighted by Crippen LogP contribution is -2.38. The van der Waals surface area contributed by atoms with Crippen LogP contribution in [0.25, 0.3) is 0 Å². The summed E-state index contributed by atoms with van der Waals surface area (Å²) in [5, 5.41) is 3.34. The lowest BCUT2D eigenvalue weighted by atomic mass is 10.1. The highest BCUT2D eigenvalue weighted by molar-refractivity contribution is 8.00. The number of benzene rings is 2. The number of ether oxygens (including phenoxy) is 1. The van der Waals surface area contributed by atoms with Gasteiger partial charge in [0.1, 0.15) is 5.75 Å². The monoisotopic (exact) mass is 430 g/mol. The molecule has 0 spiro atoms. The van der Waals surface area contributed by atoms with Crippen molar-refractivity contribution in [3.05, 3.63) is 65.7 Å². The first-order chi connectivity index (χ1) is 14.0. The topological polar surface area (TPSA) is 75.7 Å². The second-order valence-electron chi connectivity index (χ2n) is 6.24. The first kappa shape index (κ1) is 21.0. The summed E-state index contributed by atoms with van der Waals surface area (Å²) in [6.07, 6.45) is 1.62. The molecule has 2 aromatic carbocycles. The van der Waals surface area contributed by atoms with Crippen molar-refractivity contribution in [1.82, 2.24) is 0 Å². The van der Waals surface area contributed by atoms with Crippen LogP contribution in [0.1, 0.15) is 10.4 Å². The van der Waals surface area contributed by atoms with Gasteiger partial charge >= 0.3 is 0 Å². The van der Waals surface area contributed by atoms with Crippen molar-refractivity contribution in [2.24, 2.45) is 0 Å². The summed E-state index contributed by atoms with van der Waals surface area (Å²) in [6.45, 7) is 3.97. The van der Waals surface area contributed by atoms with Crippen LogP contribution in [0.2, 0.25) is 5.02 Å². The van der Waals surface area contributed by atoms with Gasteiger partial charge in [0.25, 0.3) is 5.91 Å². The number of amides is 2. The highest BCUT2D eigenvalue weighted by Crippen LogP contribution is 2.33. The summed E-state index contributed by atoms with van der Waals surface area (Å²) >= 11 is 7.04. The maximum absolute atomic E-state index is 12.5. The molecule has 0 saturated carbocycles. The number of nitrogens with one attached hydrogen (secondary N) is 1. The average Bonchev–Trinajstić information content (AvgIpc) is 2.71. The molecule has 0 unspecified atom stereocenters. The number of rotatable bonds is 8. The fraction of sp³-hybridized carbons (Fsp3) is 0.190. The molecule has 2 aromatic rings. The van der Waals surface area contributed by atoms with Crippen molar-refractivity contribution in [1.29, 1.82) is 0 Å². The van der Waals surface area contributed by atoms with Crippen LogP contribution in [0.3, 0.4) is 0 Å². The number of hydrogen-bond donors (Lipinski definition) is 1. The van der Waals surface area contributed by atoms with E-state index in [-0.39, 0.29) is 35.7 Å². The van der Waals surface area contributed by atoms with Gasteiger partial charge < -0.3 is 15.0 Å². The zero-order valence-corrected chi connectivity index (χ0v) is 17.1. The van der Waals surface area contributed by atoms with Crippen molar-refractivity contribution in [3.63, 3.8) is 0 Å². The number of fused-ring (bicyclic) bond motifs is 1. The molecule has 150 valence electrons. The SMILES string of the molecule is C=CCN1C(=O)COc2ccc(C(=O)CSCC(=O)Nc3ccc(Cl)cc3)cc21. The summed E-state index contributed by atoms with van der Waals surface area (Å²) in [5.41, 5.74) is 1.66. The first-order valence-corrected chi connectivity index (χ1v) is 10.4. The van der Waals surface area contributed by atoms with E-state index in [0.29, 0.717) is 34.3 Å². The standard InChI is InChI=1S/C21H19ClN2O4S/c1-2-9-24-17-10-14(3-8-19(17)28-11-21(24)27)18(25)12-29-13-20(26)23-16-6-4-15(22)5-7-16/h2-8,10H,1,9,11-13H2,(H,23,26). The predicted molar refractivity (Wildman–Crippen MR) is 116 cm³/mol. The smallest absolute Gasteiger partial charge is 0.265 e. The van der Waals surface area contributed by atoms with Gasteiger partial charge in [-0.05, 0) is 42.5 Å². The molecule has 0 aliphatic carbocycles. The van der Waals surface area contributed by atoms with Gasteiger partial charge in [-0.3, -0.25) is 14.4 Å². The number of carbonyl (C=O) groups excluding carboxylic acids is 3. The Labute approximate surface area is 177 Å². The van der Waals surface area contributed by atoms with Crippen LogP contribution in [0.15, 0.2) is 55.1 Å². The number of hydrogen-bond acceptors (Lipinski definition) is 5. The number of Topliss-reactive ketones (excluding diaryl/α,β-unsaturated/α-hetero) is 1. The van der Waals surface area contributed by atoms with E-state index in [9.17, 15) is 14.4 Å².